The highest BCUT2D eigenvalue weighted by Crippen LogP contribution is 2.42. The summed E-state index contributed by atoms with van der Waals surface area (Å²) < 4.78 is 11.3. The number of carbonyl (C=O) groups is 1. The van der Waals surface area contributed by atoms with Crippen LogP contribution in [-0.2, 0) is 21.6 Å². The number of benzene rings is 3. The summed E-state index contributed by atoms with van der Waals surface area (Å²) in [5.41, 5.74) is 0.956. The molecule has 31 heavy (non-hydrogen) atoms. The van der Waals surface area contributed by atoms with Crippen molar-refractivity contribution in [2.75, 3.05) is 0 Å². The van der Waals surface area contributed by atoms with Crippen LogP contribution in [0.5, 0.6) is 0 Å². The van der Waals surface area contributed by atoms with E-state index in [0.29, 0.717) is 16.2 Å². The maximum Gasteiger partial charge on any atom is 0.336 e. The lowest BCUT2D eigenvalue weighted by Crippen LogP contribution is -2.34. The maximum atomic E-state index is 13.4. The molecule has 0 saturated heterocycles. The van der Waals surface area contributed by atoms with Crippen LogP contribution in [0, 0.1) is 0 Å². The van der Waals surface area contributed by atoms with Crippen molar-refractivity contribution < 1.29 is 13.9 Å². The van der Waals surface area contributed by atoms with E-state index in [1.165, 1.54) is 6.07 Å². The summed E-state index contributed by atoms with van der Waals surface area (Å²) in [5.74, 6) is -0.256. The summed E-state index contributed by atoms with van der Waals surface area (Å²) in [6, 6.07) is 20.5. The molecule has 0 atom stereocenters. The molecule has 1 heterocycles. The van der Waals surface area contributed by atoms with Crippen LogP contribution in [0.2, 0.25) is 5.02 Å². The van der Waals surface area contributed by atoms with Gasteiger partial charge in [-0.05, 0) is 47.4 Å². The van der Waals surface area contributed by atoms with Crippen molar-refractivity contribution in [1.82, 2.24) is 0 Å². The third-order valence-corrected chi connectivity index (χ3v) is 6.57. The average Bonchev–Trinajstić information content (AvgIpc) is 3.28. The minimum absolute atomic E-state index is 0.0181. The van der Waals surface area contributed by atoms with Crippen LogP contribution in [0.4, 0.5) is 0 Å². The van der Waals surface area contributed by atoms with E-state index in [1.54, 1.807) is 6.07 Å². The molecule has 0 radical (unpaired) electrons. The number of hydrogen-bond donors (Lipinski definition) is 0. The SMILES string of the molecule is O=C(OCc1cc(=O)oc2ccc3ccccc3c12)C1(c2ccc(Cl)cc2)CCCC1. The molecule has 3 aromatic carbocycles. The molecule has 1 saturated carbocycles. The summed E-state index contributed by atoms with van der Waals surface area (Å²) in [6.07, 6.45) is 3.43. The van der Waals surface area contributed by atoms with Gasteiger partial charge >= 0.3 is 11.6 Å². The molecule has 0 amide bonds. The normalized spacial score (nSPS) is 15.4. The molecule has 4 nitrogen and oxygen atoms in total. The molecule has 1 aliphatic carbocycles. The highest BCUT2D eigenvalue weighted by atomic mass is 35.5. The Bertz CT molecular complexity index is 1330. The highest BCUT2D eigenvalue weighted by molar-refractivity contribution is 6.30. The van der Waals surface area contributed by atoms with Crippen molar-refractivity contribution in [3.63, 3.8) is 0 Å². The fourth-order valence-electron chi connectivity index (χ4n) is 4.77. The number of hydrogen-bond acceptors (Lipinski definition) is 4. The van der Waals surface area contributed by atoms with Crippen molar-refractivity contribution in [1.29, 1.82) is 0 Å². The van der Waals surface area contributed by atoms with Crippen molar-refractivity contribution in [2.45, 2.75) is 37.7 Å². The Kier molecular flexibility index (Phi) is 5.03. The van der Waals surface area contributed by atoms with Gasteiger partial charge in [0.15, 0.2) is 0 Å². The number of ether oxygens (including phenoxy) is 1. The minimum Gasteiger partial charge on any atom is -0.460 e. The summed E-state index contributed by atoms with van der Waals surface area (Å²) in [7, 11) is 0. The van der Waals surface area contributed by atoms with E-state index < -0.39 is 11.0 Å². The number of halogens is 1. The second-order valence-corrected chi connectivity index (χ2v) is 8.56. The monoisotopic (exact) mass is 432 g/mol. The van der Waals surface area contributed by atoms with E-state index in [0.717, 1.165) is 47.4 Å². The lowest BCUT2D eigenvalue weighted by Gasteiger charge is -2.27. The first kappa shape index (κ1) is 19.8. The van der Waals surface area contributed by atoms with Gasteiger partial charge in [0, 0.05) is 22.0 Å². The Morgan fingerprint density at radius 2 is 1.74 bits per heavy atom. The Morgan fingerprint density at radius 1 is 1.00 bits per heavy atom. The van der Waals surface area contributed by atoms with Crippen molar-refractivity contribution in [3.8, 4) is 0 Å². The Hall–Kier alpha value is -3.11. The van der Waals surface area contributed by atoms with Gasteiger partial charge in [0.2, 0.25) is 0 Å². The number of rotatable bonds is 4. The average molecular weight is 433 g/mol. The third-order valence-electron chi connectivity index (χ3n) is 6.32. The number of carbonyl (C=O) groups excluding carboxylic acids is 1. The molecule has 156 valence electrons. The second-order valence-electron chi connectivity index (χ2n) is 8.12. The summed E-state index contributed by atoms with van der Waals surface area (Å²) in [6.45, 7) is 0.0181. The predicted octanol–water partition coefficient (Wildman–Crippen LogP) is 6.15. The smallest absolute Gasteiger partial charge is 0.336 e. The zero-order valence-corrected chi connectivity index (χ0v) is 17.7. The van der Waals surface area contributed by atoms with Crippen molar-refractivity contribution in [2.24, 2.45) is 0 Å². The van der Waals surface area contributed by atoms with E-state index in [9.17, 15) is 9.59 Å². The number of esters is 1. The largest absolute Gasteiger partial charge is 0.460 e. The third kappa shape index (κ3) is 3.51. The van der Waals surface area contributed by atoms with E-state index in [2.05, 4.69) is 0 Å². The van der Waals surface area contributed by atoms with Gasteiger partial charge in [-0.3, -0.25) is 4.79 Å². The van der Waals surface area contributed by atoms with Crippen LogP contribution < -0.4 is 5.63 Å². The molecule has 1 aromatic heterocycles. The second kappa shape index (κ2) is 7.86. The Morgan fingerprint density at radius 3 is 2.52 bits per heavy atom. The fourth-order valence-corrected chi connectivity index (χ4v) is 4.90. The summed E-state index contributed by atoms with van der Waals surface area (Å²) >= 11 is 6.05. The first-order valence-electron chi connectivity index (χ1n) is 10.4. The topological polar surface area (TPSA) is 56.5 Å². The molecule has 0 unspecified atom stereocenters. The fraction of sp³-hybridized carbons (Fsp3) is 0.231. The molecular formula is C26H21ClO4. The lowest BCUT2D eigenvalue weighted by molar-refractivity contribution is -0.152. The highest BCUT2D eigenvalue weighted by Gasteiger charge is 2.44. The zero-order chi connectivity index (χ0) is 21.4. The van der Waals surface area contributed by atoms with Gasteiger partial charge in [0.25, 0.3) is 0 Å². The van der Waals surface area contributed by atoms with E-state index in [1.807, 2.05) is 54.6 Å². The van der Waals surface area contributed by atoms with E-state index in [4.69, 9.17) is 20.8 Å². The lowest BCUT2D eigenvalue weighted by atomic mass is 9.79. The van der Waals surface area contributed by atoms with Crippen LogP contribution in [0.3, 0.4) is 0 Å². The molecular weight excluding hydrogens is 412 g/mol. The van der Waals surface area contributed by atoms with Gasteiger partial charge in [0.05, 0.1) is 5.41 Å². The van der Waals surface area contributed by atoms with Gasteiger partial charge in [0.1, 0.15) is 12.2 Å². The quantitative estimate of drug-likeness (QED) is 0.220. The van der Waals surface area contributed by atoms with Gasteiger partial charge in [-0.25, -0.2) is 4.79 Å². The summed E-state index contributed by atoms with van der Waals surface area (Å²) in [4.78, 5) is 25.5. The Balaban J connectivity index is 1.52. The van der Waals surface area contributed by atoms with Crippen LogP contribution >= 0.6 is 11.6 Å². The van der Waals surface area contributed by atoms with Gasteiger partial charge in [-0.1, -0.05) is 66.9 Å². The molecule has 5 rings (SSSR count). The maximum absolute atomic E-state index is 13.4. The zero-order valence-electron chi connectivity index (χ0n) is 16.9. The molecule has 0 spiro atoms. The van der Waals surface area contributed by atoms with Crippen molar-refractivity contribution in [3.05, 3.63) is 93.3 Å². The van der Waals surface area contributed by atoms with Crippen LogP contribution in [0.25, 0.3) is 21.7 Å². The van der Waals surface area contributed by atoms with Crippen LogP contribution in [0.1, 0.15) is 36.8 Å². The first-order chi connectivity index (χ1) is 15.1. The Labute approximate surface area is 184 Å². The van der Waals surface area contributed by atoms with Gasteiger partial charge in [-0.15, -0.1) is 0 Å². The van der Waals surface area contributed by atoms with Crippen LogP contribution in [0.15, 0.2) is 75.9 Å². The minimum atomic E-state index is -0.665. The van der Waals surface area contributed by atoms with Gasteiger partial charge in [-0.2, -0.15) is 0 Å². The molecule has 4 aromatic rings. The molecule has 1 aliphatic rings. The molecule has 0 N–H and O–H groups in total. The van der Waals surface area contributed by atoms with Crippen molar-refractivity contribution >= 4 is 39.3 Å². The molecule has 0 bridgehead atoms. The molecule has 5 heteroatoms. The first-order valence-corrected chi connectivity index (χ1v) is 10.8. The number of fused-ring (bicyclic) bond motifs is 3. The van der Waals surface area contributed by atoms with Crippen LogP contribution in [-0.4, -0.2) is 5.97 Å². The van der Waals surface area contributed by atoms with E-state index >= 15 is 0 Å². The van der Waals surface area contributed by atoms with Gasteiger partial charge < -0.3 is 9.15 Å². The molecule has 1 fully saturated rings. The van der Waals surface area contributed by atoms with E-state index in [-0.39, 0.29) is 12.6 Å². The molecule has 0 aliphatic heterocycles. The standard InChI is InChI=1S/C26H21ClO4/c27-20-10-8-19(9-11-20)26(13-3-4-14-26)25(29)30-16-18-15-23(28)31-22-12-7-17-5-1-2-6-21(17)24(18)22/h1-2,5-12,15H,3-4,13-14,16H2. The predicted molar refractivity (Wildman–Crippen MR) is 121 cm³/mol. The summed E-state index contributed by atoms with van der Waals surface area (Å²) in [5, 5.41) is 3.44.